The third-order valence-corrected chi connectivity index (χ3v) is 4.76. The third-order valence-electron chi connectivity index (χ3n) is 4.76. The maximum atomic E-state index is 12.5. The van der Waals surface area contributed by atoms with E-state index in [0.29, 0.717) is 32.0 Å². The van der Waals surface area contributed by atoms with Crippen LogP contribution in [0.15, 0.2) is 60.9 Å². The monoisotopic (exact) mass is 389 g/mol. The van der Waals surface area contributed by atoms with E-state index in [-0.39, 0.29) is 6.03 Å². The molecule has 3 aromatic rings. The third kappa shape index (κ3) is 4.78. The van der Waals surface area contributed by atoms with E-state index < -0.39 is 0 Å². The van der Waals surface area contributed by atoms with Crippen LogP contribution in [0.25, 0.3) is 0 Å². The Hall–Kier alpha value is -3.68. The van der Waals surface area contributed by atoms with Crippen LogP contribution in [-0.2, 0) is 0 Å². The van der Waals surface area contributed by atoms with E-state index in [9.17, 15) is 4.79 Å². The maximum absolute atomic E-state index is 12.5. The summed E-state index contributed by atoms with van der Waals surface area (Å²) in [5.74, 6) is 1.49. The van der Waals surface area contributed by atoms with Gasteiger partial charge in [-0.1, -0.05) is 12.1 Å². The van der Waals surface area contributed by atoms with Crippen LogP contribution >= 0.6 is 0 Å². The van der Waals surface area contributed by atoms with Gasteiger partial charge in [-0.15, -0.1) is 10.2 Å². The number of benzene rings is 1. The van der Waals surface area contributed by atoms with E-state index in [0.717, 1.165) is 22.8 Å². The highest BCUT2D eigenvalue weighted by Crippen LogP contribution is 2.18. The average Bonchev–Trinajstić information content (AvgIpc) is 2.75. The zero-order chi connectivity index (χ0) is 20.1. The van der Waals surface area contributed by atoms with Gasteiger partial charge in [0, 0.05) is 49.9 Å². The summed E-state index contributed by atoms with van der Waals surface area (Å²) >= 11 is 0. The van der Waals surface area contributed by atoms with Crippen LogP contribution in [0.3, 0.4) is 0 Å². The van der Waals surface area contributed by atoms with Gasteiger partial charge in [-0.25, -0.2) is 4.79 Å². The molecule has 0 bridgehead atoms. The molecule has 2 aromatic heterocycles. The number of anilines is 4. The number of aromatic nitrogens is 3. The molecule has 0 unspecified atom stereocenters. The maximum Gasteiger partial charge on any atom is 0.321 e. The lowest BCUT2D eigenvalue weighted by molar-refractivity contribution is 0.208. The van der Waals surface area contributed by atoms with Crippen molar-refractivity contribution in [2.75, 3.05) is 41.7 Å². The second kappa shape index (κ2) is 8.55. The first-order chi connectivity index (χ1) is 14.2. The lowest BCUT2D eigenvalue weighted by Gasteiger charge is -2.35. The van der Waals surface area contributed by atoms with Crippen molar-refractivity contribution >= 4 is 29.0 Å². The molecule has 1 aromatic carbocycles. The van der Waals surface area contributed by atoms with Gasteiger partial charge in [0.1, 0.15) is 0 Å². The molecule has 1 aliphatic heterocycles. The van der Waals surface area contributed by atoms with Gasteiger partial charge in [-0.05, 0) is 48.9 Å². The van der Waals surface area contributed by atoms with Crippen LogP contribution in [-0.4, -0.2) is 52.3 Å². The highest BCUT2D eigenvalue weighted by molar-refractivity contribution is 5.89. The van der Waals surface area contributed by atoms with Gasteiger partial charge >= 0.3 is 6.03 Å². The smallest absolute Gasteiger partial charge is 0.321 e. The molecule has 0 aliphatic carbocycles. The van der Waals surface area contributed by atoms with Crippen molar-refractivity contribution in [2.24, 2.45) is 0 Å². The van der Waals surface area contributed by atoms with Crippen LogP contribution in [0, 0.1) is 6.92 Å². The van der Waals surface area contributed by atoms with Crippen LogP contribution < -0.4 is 15.5 Å². The summed E-state index contributed by atoms with van der Waals surface area (Å²) in [5.41, 5.74) is 2.85. The number of nitrogens with one attached hydrogen (secondary N) is 2. The number of piperazine rings is 1. The number of carbonyl (C=O) groups excluding carboxylic acids is 1. The lowest BCUT2D eigenvalue weighted by Crippen LogP contribution is -2.50. The van der Waals surface area contributed by atoms with Crippen molar-refractivity contribution in [1.29, 1.82) is 0 Å². The summed E-state index contributed by atoms with van der Waals surface area (Å²) in [6.07, 6.45) is 3.44. The molecule has 8 heteroatoms. The predicted octanol–water partition coefficient (Wildman–Crippen LogP) is 3.28. The number of nitrogens with zero attached hydrogens (tertiary/aromatic N) is 5. The SMILES string of the molecule is Cc1cccc(NC(=O)N2CCN(c3ccc(Nc4ccncc4)nn3)CC2)c1. The molecule has 0 spiro atoms. The van der Waals surface area contributed by atoms with Crippen LogP contribution in [0.5, 0.6) is 0 Å². The number of aryl methyl sites for hydroxylation is 1. The standard InChI is InChI=1S/C21H23N7O/c1-16-3-2-4-18(15-16)24-21(29)28-13-11-27(12-14-28)20-6-5-19(25-26-20)23-17-7-9-22-10-8-17/h2-10,15H,11-14H2,1H3,(H,24,29)(H,22,23,25). The van der Waals surface area contributed by atoms with E-state index in [2.05, 4.69) is 30.7 Å². The minimum atomic E-state index is -0.0711. The van der Waals surface area contributed by atoms with E-state index in [1.54, 1.807) is 12.4 Å². The minimum Gasteiger partial charge on any atom is -0.352 e. The van der Waals surface area contributed by atoms with Crippen molar-refractivity contribution < 1.29 is 4.79 Å². The molecule has 3 heterocycles. The summed E-state index contributed by atoms with van der Waals surface area (Å²) in [6, 6.07) is 15.3. The van der Waals surface area contributed by atoms with Crippen molar-refractivity contribution in [3.63, 3.8) is 0 Å². The largest absolute Gasteiger partial charge is 0.352 e. The molecular weight excluding hydrogens is 366 g/mol. The number of hydrogen-bond acceptors (Lipinski definition) is 6. The Morgan fingerprint density at radius 2 is 1.72 bits per heavy atom. The second-order valence-electron chi connectivity index (χ2n) is 6.91. The van der Waals surface area contributed by atoms with Crippen LogP contribution in [0.1, 0.15) is 5.56 Å². The second-order valence-corrected chi connectivity index (χ2v) is 6.91. The molecule has 2 amide bonds. The first-order valence-electron chi connectivity index (χ1n) is 9.56. The van der Waals surface area contributed by atoms with Gasteiger partial charge < -0.3 is 20.4 Å². The van der Waals surface area contributed by atoms with E-state index in [4.69, 9.17) is 0 Å². The Bertz CT molecular complexity index is 954. The zero-order valence-electron chi connectivity index (χ0n) is 16.2. The summed E-state index contributed by atoms with van der Waals surface area (Å²) in [4.78, 5) is 20.5. The highest BCUT2D eigenvalue weighted by Gasteiger charge is 2.22. The predicted molar refractivity (Wildman–Crippen MR) is 114 cm³/mol. The zero-order valence-corrected chi connectivity index (χ0v) is 16.2. The van der Waals surface area contributed by atoms with Crippen molar-refractivity contribution in [2.45, 2.75) is 6.92 Å². The van der Waals surface area contributed by atoms with Gasteiger partial charge in [0.2, 0.25) is 0 Å². The Morgan fingerprint density at radius 3 is 2.41 bits per heavy atom. The van der Waals surface area contributed by atoms with Gasteiger partial charge in [0.05, 0.1) is 0 Å². The fourth-order valence-corrected chi connectivity index (χ4v) is 3.21. The Balaban J connectivity index is 1.30. The number of urea groups is 1. The Labute approximate surface area is 169 Å². The molecule has 8 nitrogen and oxygen atoms in total. The number of pyridine rings is 1. The molecule has 0 saturated carbocycles. The molecule has 2 N–H and O–H groups in total. The summed E-state index contributed by atoms with van der Waals surface area (Å²) in [6.45, 7) is 4.71. The normalized spacial score (nSPS) is 13.8. The molecule has 148 valence electrons. The quantitative estimate of drug-likeness (QED) is 0.712. The molecule has 1 saturated heterocycles. The summed E-state index contributed by atoms with van der Waals surface area (Å²) < 4.78 is 0. The molecule has 1 fully saturated rings. The van der Waals surface area contributed by atoms with Gasteiger partial charge in [-0.3, -0.25) is 4.98 Å². The molecule has 1 aliphatic rings. The fraction of sp³-hybridized carbons (Fsp3) is 0.238. The topological polar surface area (TPSA) is 86.3 Å². The van der Waals surface area contributed by atoms with Gasteiger partial charge in [-0.2, -0.15) is 0 Å². The van der Waals surface area contributed by atoms with E-state index >= 15 is 0 Å². The molecule has 0 radical (unpaired) electrons. The molecule has 29 heavy (non-hydrogen) atoms. The average molecular weight is 389 g/mol. The summed E-state index contributed by atoms with van der Waals surface area (Å²) in [5, 5.41) is 14.7. The van der Waals surface area contributed by atoms with Crippen molar-refractivity contribution in [3.05, 3.63) is 66.5 Å². The fourth-order valence-electron chi connectivity index (χ4n) is 3.21. The first kappa shape index (κ1) is 18.7. The Kier molecular flexibility index (Phi) is 5.51. The van der Waals surface area contributed by atoms with Crippen molar-refractivity contribution in [1.82, 2.24) is 20.1 Å². The summed E-state index contributed by atoms with van der Waals surface area (Å²) in [7, 11) is 0. The lowest BCUT2D eigenvalue weighted by atomic mass is 10.2. The first-order valence-corrected chi connectivity index (χ1v) is 9.56. The molecule has 0 atom stereocenters. The van der Waals surface area contributed by atoms with Crippen molar-refractivity contribution in [3.8, 4) is 0 Å². The number of rotatable bonds is 4. The van der Waals surface area contributed by atoms with E-state index in [1.807, 2.05) is 60.4 Å². The van der Waals surface area contributed by atoms with Gasteiger partial charge in [0.25, 0.3) is 0 Å². The minimum absolute atomic E-state index is 0.0711. The highest BCUT2D eigenvalue weighted by atomic mass is 16.2. The molecule has 4 rings (SSSR count). The number of carbonyl (C=O) groups is 1. The number of amides is 2. The van der Waals surface area contributed by atoms with Crippen LogP contribution in [0.2, 0.25) is 0 Å². The molecular formula is C21H23N7O. The van der Waals surface area contributed by atoms with E-state index in [1.165, 1.54) is 0 Å². The Morgan fingerprint density at radius 1 is 0.931 bits per heavy atom. The van der Waals surface area contributed by atoms with Gasteiger partial charge in [0.15, 0.2) is 11.6 Å². The number of hydrogen-bond donors (Lipinski definition) is 2. The van der Waals surface area contributed by atoms with Crippen LogP contribution in [0.4, 0.5) is 27.8 Å².